The highest BCUT2D eigenvalue weighted by Crippen LogP contribution is 2.39. The molecule has 0 heterocycles. The Bertz CT molecular complexity index is 997. The molecule has 32 heavy (non-hydrogen) atoms. The van der Waals surface area contributed by atoms with E-state index >= 15 is 0 Å². The summed E-state index contributed by atoms with van der Waals surface area (Å²) in [5, 5.41) is 0. The molecule has 0 N–H and O–H groups in total. The van der Waals surface area contributed by atoms with E-state index < -0.39 is 0 Å². The number of anilines is 3. The van der Waals surface area contributed by atoms with E-state index in [1.807, 2.05) is 6.08 Å². The minimum Gasteiger partial charge on any atom is -0.310 e. The summed E-state index contributed by atoms with van der Waals surface area (Å²) < 4.78 is 0. The van der Waals surface area contributed by atoms with Crippen molar-refractivity contribution < 1.29 is 0 Å². The van der Waals surface area contributed by atoms with Crippen LogP contribution in [-0.4, -0.2) is 0 Å². The van der Waals surface area contributed by atoms with E-state index in [2.05, 4.69) is 131 Å². The van der Waals surface area contributed by atoms with Crippen LogP contribution in [0.1, 0.15) is 56.2 Å². The summed E-state index contributed by atoms with van der Waals surface area (Å²) in [5.41, 5.74) is 7.63. The maximum Gasteiger partial charge on any atom is 0.0464 e. The van der Waals surface area contributed by atoms with Gasteiger partial charge in [0.2, 0.25) is 0 Å². The van der Waals surface area contributed by atoms with E-state index in [-0.39, 0.29) is 5.41 Å². The van der Waals surface area contributed by atoms with Gasteiger partial charge in [0.25, 0.3) is 0 Å². The lowest BCUT2D eigenvalue weighted by Crippen LogP contribution is -2.16. The average molecular weight is 424 g/mol. The quantitative estimate of drug-likeness (QED) is 0.310. The van der Waals surface area contributed by atoms with Crippen molar-refractivity contribution in [3.63, 3.8) is 0 Å². The first-order chi connectivity index (χ1) is 15.3. The summed E-state index contributed by atoms with van der Waals surface area (Å²) in [6, 6.07) is 26.6. The Hall–Kier alpha value is -3.06. The van der Waals surface area contributed by atoms with Crippen molar-refractivity contribution in [1.29, 1.82) is 0 Å². The van der Waals surface area contributed by atoms with E-state index in [0.717, 1.165) is 12.8 Å². The van der Waals surface area contributed by atoms with Gasteiger partial charge in [0.1, 0.15) is 0 Å². The van der Waals surface area contributed by atoms with Crippen LogP contribution < -0.4 is 4.90 Å². The zero-order valence-electron chi connectivity index (χ0n) is 20.3. The van der Waals surface area contributed by atoms with E-state index in [9.17, 15) is 0 Å². The van der Waals surface area contributed by atoms with Crippen LogP contribution in [0.4, 0.5) is 17.1 Å². The van der Waals surface area contributed by atoms with Crippen molar-refractivity contribution in [2.24, 2.45) is 5.41 Å². The Balaban J connectivity index is 1.99. The lowest BCUT2D eigenvalue weighted by Gasteiger charge is -2.30. The molecule has 3 aromatic rings. The Morgan fingerprint density at radius 1 is 0.875 bits per heavy atom. The van der Waals surface area contributed by atoms with Crippen LogP contribution in [-0.2, 0) is 0 Å². The van der Waals surface area contributed by atoms with Crippen molar-refractivity contribution in [1.82, 2.24) is 0 Å². The van der Waals surface area contributed by atoms with Crippen LogP contribution in [0.3, 0.4) is 0 Å². The van der Waals surface area contributed by atoms with Gasteiger partial charge in [-0.3, -0.25) is 0 Å². The fourth-order valence-corrected chi connectivity index (χ4v) is 4.25. The summed E-state index contributed by atoms with van der Waals surface area (Å²) in [5.74, 6) is 0.451. The predicted molar refractivity (Wildman–Crippen MR) is 141 cm³/mol. The largest absolute Gasteiger partial charge is 0.310 e. The number of allylic oxidation sites excluding steroid dienone is 3. The maximum absolute atomic E-state index is 3.84. The summed E-state index contributed by atoms with van der Waals surface area (Å²) in [6.07, 6.45) is 8.49. The second-order valence-corrected chi connectivity index (χ2v) is 9.31. The Morgan fingerprint density at radius 2 is 1.44 bits per heavy atom. The number of hydrogen-bond donors (Lipinski definition) is 0. The van der Waals surface area contributed by atoms with Gasteiger partial charge in [0, 0.05) is 17.1 Å². The molecule has 0 aromatic heterocycles. The molecule has 1 nitrogen and oxygen atoms in total. The first-order valence-corrected chi connectivity index (χ1v) is 11.7. The highest BCUT2D eigenvalue weighted by Gasteiger charge is 2.23. The monoisotopic (exact) mass is 423 g/mol. The summed E-state index contributed by atoms with van der Waals surface area (Å²) in [4.78, 5) is 2.35. The highest BCUT2D eigenvalue weighted by molar-refractivity contribution is 5.77. The van der Waals surface area contributed by atoms with Gasteiger partial charge in [0.15, 0.2) is 0 Å². The number of hydrogen-bond acceptors (Lipinski definition) is 1. The standard InChI is InChI=1S/C31H37N/c1-7-9-21-31(6,8-2)23-26(5)27-11-10-12-30(22-27)32(28-17-13-24(3)14-18-28)29-19-15-25(4)16-20-29/h7,9-22,26H,1,8,23H2,2-6H3/b21-9+. The van der Waals surface area contributed by atoms with Gasteiger partial charge in [-0.25, -0.2) is 0 Å². The molecule has 3 aromatic carbocycles. The maximum atomic E-state index is 3.84. The van der Waals surface area contributed by atoms with Gasteiger partial charge in [-0.05, 0) is 80.0 Å². The molecule has 0 aliphatic carbocycles. The van der Waals surface area contributed by atoms with E-state index in [0.29, 0.717) is 5.92 Å². The van der Waals surface area contributed by atoms with E-state index in [1.165, 1.54) is 33.8 Å². The Morgan fingerprint density at radius 3 is 1.94 bits per heavy atom. The summed E-state index contributed by atoms with van der Waals surface area (Å²) >= 11 is 0. The third-order valence-corrected chi connectivity index (χ3v) is 6.50. The highest BCUT2D eigenvalue weighted by atomic mass is 15.1. The van der Waals surface area contributed by atoms with Crippen LogP contribution in [0.5, 0.6) is 0 Å². The molecule has 0 bridgehead atoms. The molecular weight excluding hydrogens is 386 g/mol. The molecule has 166 valence electrons. The normalized spacial score (nSPS) is 14.2. The summed E-state index contributed by atoms with van der Waals surface area (Å²) in [6.45, 7) is 15.1. The molecule has 0 radical (unpaired) electrons. The fourth-order valence-electron chi connectivity index (χ4n) is 4.25. The SMILES string of the molecule is C=C/C=C/C(C)(CC)CC(C)c1cccc(N(c2ccc(C)cc2)c2ccc(C)cc2)c1. The van der Waals surface area contributed by atoms with Crippen LogP contribution in [0.15, 0.2) is 97.6 Å². The average Bonchev–Trinajstić information content (AvgIpc) is 2.80. The topological polar surface area (TPSA) is 3.24 Å². The third-order valence-electron chi connectivity index (χ3n) is 6.50. The fraction of sp³-hybridized carbons (Fsp3) is 0.290. The number of aryl methyl sites for hydroxylation is 2. The molecule has 0 aliphatic heterocycles. The molecule has 1 heteroatoms. The Labute approximate surface area is 195 Å². The van der Waals surface area contributed by atoms with Crippen molar-refractivity contribution in [2.75, 3.05) is 4.90 Å². The molecule has 0 saturated carbocycles. The molecule has 0 aliphatic rings. The number of rotatable bonds is 9. The van der Waals surface area contributed by atoms with Gasteiger partial charge >= 0.3 is 0 Å². The zero-order chi connectivity index (χ0) is 23.1. The number of nitrogens with zero attached hydrogens (tertiary/aromatic N) is 1. The van der Waals surface area contributed by atoms with Crippen molar-refractivity contribution in [3.8, 4) is 0 Å². The second-order valence-electron chi connectivity index (χ2n) is 9.31. The van der Waals surface area contributed by atoms with Crippen molar-refractivity contribution in [3.05, 3.63) is 114 Å². The molecular formula is C31H37N. The second kappa shape index (κ2) is 10.5. The first-order valence-electron chi connectivity index (χ1n) is 11.7. The third kappa shape index (κ3) is 5.79. The minimum atomic E-state index is 0.164. The van der Waals surface area contributed by atoms with Gasteiger partial charge in [-0.1, -0.05) is 93.1 Å². The van der Waals surface area contributed by atoms with Gasteiger partial charge in [-0.15, -0.1) is 0 Å². The zero-order valence-corrected chi connectivity index (χ0v) is 20.3. The molecule has 2 unspecified atom stereocenters. The molecule has 2 atom stereocenters. The van der Waals surface area contributed by atoms with Crippen LogP contribution >= 0.6 is 0 Å². The van der Waals surface area contributed by atoms with Crippen molar-refractivity contribution >= 4 is 17.1 Å². The van der Waals surface area contributed by atoms with Crippen LogP contribution in [0.2, 0.25) is 0 Å². The first kappa shape index (κ1) is 23.6. The minimum absolute atomic E-state index is 0.164. The lowest BCUT2D eigenvalue weighted by molar-refractivity contribution is 0.349. The van der Waals surface area contributed by atoms with Gasteiger partial charge in [-0.2, -0.15) is 0 Å². The van der Waals surface area contributed by atoms with E-state index in [4.69, 9.17) is 0 Å². The molecule has 3 rings (SSSR count). The predicted octanol–water partition coefficient (Wildman–Crippen LogP) is 9.43. The number of benzene rings is 3. The molecule has 0 fully saturated rings. The van der Waals surface area contributed by atoms with E-state index in [1.54, 1.807) is 0 Å². The van der Waals surface area contributed by atoms with Crippen molar-refractivity contribution in [2.45, 2.75) is 53.4 Å². The molecule has 0 amide bonds. The van der Waals surface area contributed by atoms with Gasteiger partial charge in [0.05, 0.1) is 0 Å². The molecule has 0 saturated heterocycles. The van der Waals surface area contributed by atoms with Crippen LogP contribution in [0, 0.1) is 19.3 Å². The smallest absolute Gasteiger partial charge is 0.0464 e. The van der Waals surface area contributed by atoms with Gasteiger partial charge < -0.3 is 4.90 Å². The Kier molecular flexibility index (Phi) is 7.75. The molecule has 0 spiro atoms. The lowest BCUT2D eigenvalue weighted by atomic mass is 9.77. The van der Waals surface area contributed by atoms with Crippen LogP contribution in [0.25, 0.3) is 0 Å². The summed E-state index contributed by atoms with van der Waals surface area (Å²) in [7, 11) is 0.